The van der Waals surface area contributed by atoms with Gasteiger partial charge >= 0.3 is 0 Å². The lowest BCUT2D eigenvalue weighted by atomic mass is 10.0. The predicted octanol–water partition coefficient (Wildman–Crippen LogP) is 3.40. The van der Waals surface area contributed by atoms with Crippen LogP contribution in [0.5, 0.6) is 0 Å². The van der Waals surface area contributed by atoms with Crippen molar-refractivity contribution in [2.45, 2.75) is 45.1 Å². The molecule has 16 heavy (non-hydrogen) atoms. The summed E-state index contributed by atoms with van der Waals surface area (Å²) >= 11 is 3.44. The van der Waals surface area contributed by atoms with Gasteiger partial charge in [-0.05, 0) is 30.5 Å². The van der Waals surface area contributed by atoms with Gasteiger partial charge in [-0.1, -0.05) is 54.2 Å². The standard InChI is InChI=1S/C13H21BrN2/c1-2-3-4-5-13(16-15)10-11-6-8-12(14)9-7-11/h6-9,13,16H,2-5,10,15H2,1H3. The third-order valence-electron chi connectivity index (χ3n) is 2.79. The largest absolute Gasteiger partial charge is 0.271 e. The Bertz CT molecular complexity index is 284. The Labute approximate surface area is 107 Å². The van der Waals surface area contributed by atoms with Crippen molar-refractivity contribution in [3.63, 3.8) is 0 Å². The van der Waals surface area contributed by atoms with Gasteiger partial charge in [0, 0.05) is 10.5 Å². The highest BCUT2D eigenvalue weighted by Gasteiger charge is 2.06. The van der Waals surface area contributed by atoms with Crippen LogP contribution in [0.3, 0.4) is 0 Å². The first kappa shape index (κ1) is 13.7. The molecule has 2 nitrogen and oxygen atoms in total. The van der Waals surface area contributed by atoms with Crippen LogP contribution in [0.2, 0.25) is 0 Å². The van der Waals surface area contributed by atoms with E-state index in [0.717, 1.165) is 17.3 Å². The van der Waals surface area contributed by atoms with E-state index in [1.54, 1.807) is 0 Å². The van der Waals surface area contributed by atoms with Gasteiger partial charge in [0.25, 0.3) is 0 Å². The number of nitrogens with two attached hydrogens (primary N) is 1. The fraction of sp³-hybridized carbons (Fsp3) is 0.538. The number of rotatable bonds is 7. The molecular weight excluding hydrogens is 264 g/mol. The van der Waals surface area contributed by atoms with Crippen LogP contribution >= 0.6 is 15.9 Å². The summed E-state index contributed by atoms with van der Waals surface area (Å²) in [5.74, 6) is 5.57. The highest BCUT2D eigenvalue weighted by atomic mass is 79.9. The number of hydrazine groups is 1. The average molecular weight is 285 g/mol. The van der Waals surface area contributed by atoms with Crippen LogP contribution in [0.15, 0.2) is 28.7 Å². The monoisotopic (exact) mass is 284 g/mol. The molecule has 3 heteroatoms. The molecule has 0 heterocycles. The van der Waals surface area contributed by atoms with E-state index in [4.69, 9.17) is 5.84 Å². The molecule has 0 aliphatic carbocycles. The molecule has 1 aromatic rings. The third kappa shape index (κ3) is 5.10. The maximum atomic E-state index is 5.57. The summed E-state index contributed by atoms with van der Waals surface area (Å²) in [7, 11) is 0. The average Bonchev–Trinajstić information content (AvgIpc) is 2.31. The van der Waals surface area contributed by atoms with Crippen LogP contribution < -0.4 is 11.3 Å². The predicted molar refractivity (Wildman–Crippen MR) is 73.1 cm³/mol. The Morgan fingerprint density at radius 2 is 1.94 bits per heavy atom. The summed E-state index contributed by atoms with van der Waals surface area (Å²) in [4.78, 5) is 0. The molecule has 0 spiro atoms. The van der Waals surface area contributed by atoms with Crippen LogP contribution in [0.25, 0.3) is 0 Å². The second-order valence-corrected chi connectivity index (χ2v) is 5.11. The zero-order valence-electron chi connectivity index (χ0n) is 9.88. The Balaban J connectivity index is 2.40. The van der Waals surface area contributed by atoms with Gasteiger partial charge in [-0.3, -0.25) is 11.3 Å². The van der Waals surface area contributed by atoms with Crippen molar-refractivity contribution in [3.05, 3.63) is 34.3 Å². The highest BCUT2D eigenvalue weighted by molar-refractivity contribution is 9.10. The van der Waals surface area contributed by atoms with E-state index in [1.165, 1.54) is 24.8 Å². The molecular formula is C13H21BrN2. The molecule has 0 bridgehead atoms. The van der Waals surface area contributed by atoms with E-state index in [-0.39, 0.29) is 0 Å². The number of halogens is 1. The molecule has 1 atom stereocenters. The van der Waals surface area contributed by atoms with Gasteiger partial charge in [0.05, 0.1) is 0 Å². The molecule has 0 fully saturated rings. The minimum atomic E-state index is 0.396. The molecule has 1 rings (SSSR count). The topological polar surface area (TPSA) is 38.0 Å². The summed E-state index contributed by atoms with van der Waals surface area (Å²) in [6.07, 6.45) is 5.96. The smallest absolute Gasteiger partial charge is 0.0250 e. The van der Waals surface area contributed by atoms with Crippen molar-refractivity contribution in [1.82, 2.24) is 5.43 Å². The summed E-state index contributed by atoms with van der Waals surface area (Å²) in [5.41, 5.74) is 4.25. The van der Waals surface area contributed by atoms with Gasteiger partial charge in [0.15, 0.2) is 0 Å². The lowest BCUT2D eigenvalue weighted by molar-refractivity contribution is 0.467. The first-order chi connectivity index (χ1) is 7.76. The summed E-state index contributed by atoms with van der Waals surface area (Å²) in [6, 6.07) is 8.85. The zero-order valence-corrected chi connectivity index (χ0v) is 11.5. The fourth-order valence-corrected chi connectivity index (χ4v) is 2.05. The second kappa shape index (κ2) is 7.82. The van der Waals surface area contributed by atoms with Crippen molar-refractivity contribution in [2.24, 2.45) is 5.84 Å². The van der Waals surface area contributed by atoms with Crippen LogP contribution in [-0.4, -0.2) is 6.04 Å². The fourth-order valence-electron chi connectivity index (χ4n) is 1.79. The molecule has 1 aromatic carbocycles. The van der Waals surface area contributed by atoms with Crippen LogP contribution in [0.1, 0.15) is 38.2 Å². The van der Waals surface area contributed by atoms with Gasteiger partial charge in [0.2, 0.25) is 0 Å². The first-order valence-electron chi connectivity index (χ1n) is 5.96. The lowest BCUT2D eigenvalue weighted by Crippen LogP contribution is -2.36. The van der Waals surface area contributed by atoms with Gasteiger partial charge in [0.1, 0.15) is 0 Å². The Morgan fingerprint density at radius 1 is 1.25 bits per heavy atom. The van der Waals surface area contributed by atoms with E-state index in [0.29, 0.717) is 6.04 Å². The number of benzene rings is 1. The highest BCUT2D eigenvalue weighted by Crippen LogP contribution is 2.13. The van der Waals surface area contributed by atoms with Gasteiger partial charge in [-0.2, -0.15) is 0 Å². The Hall–Kier alpha value is -0.380. The quantitative estimate of drug-likeness (QED) is 0.458. The van der Waals surface area contributed by atoms with Crippen molar-refractivity contribution in [2.75, 3.05) is 0 Å². The molecule has 0 aliphatic rings. The normalized spacial score (nSPS) is 12.7. The SMILES string of the molecule is CCCCCC(Cc1ccc(Br)cc1)NN. The van der Waals surface area contributed by atoms with Crippen molar-refractivity contribution >= 4 is 15.9 Å². The van der Waals surface area contributed by atoms with Crippen molar-refractivity contribution in [3.8, 4) is 0 Å². The van der Waals surface area contributed by atoms with Crippen LogP contribution in [0.4, 0.5) is 0 Å². The summed E-state index contributed by atoms with van der Waals surface area (Å²) < 4.78 is 1.12. The van der Waals surface area contributed by atoms with E-state index in [9.17, 15) is 0 Å². The minimum Gasteiger partial charge on any atom is -0.271 e. The Morgan fingerprint density at radius 3 is 2.50 bits per heavy atom. The summed E-state index contributed by atoms with van der Waals surface area (Å²) in [6.45, 7) is 2.22. The minimum absolute atomic E-state index is 0.396. The second-order valence-electron chi connectivity index (χ2n) is 4.19. The van der Waals surface area contributed by atoms with Crippen LogP contribution in [0, 0.1) is 0 Å². The molecule has 3 N–H and O–H groups in total. The van der Waals surface area contributed by atoms with Gasteiger partial charge in [-0.25, -0.2) is 0 Å². The van der Waals surface area contributed by atoms with Crippen molar-refractivity contribution in [1.29, 1.82) is 0 Å². The number of nitrogens with one attached hydrogen (secondary N) is 1. The molecule has 90 valence electrons. The molecule has 0 saturated carbocycles. The molecule has 1 unspecified atom stereocenters. The van der Waals surface area contributed by atoms with E-state index < -0.39 is 0 Å². The lowest BCUT2D eigenvalue weighted by Gasteiger charge is -2.15. The van der Waals surface area contributed by atoms with Gasteiger partial charge in [-0.15, -0.1) is 0 Å². The van der Waals surface area contributed by atoms with Crippen molar-refractivity contribution < 1.29 is 0 Å². The first-order valence-corrected chi connectivity index (χ1v) is 6.76. The zero-order chi connectivity index (χ0) is 11.8. The maximum absolute atomic E-state index is 5.57. The molecule has 0 radical (unpaired) electrons. The Kier molecular flexibility index (Phi) is 6.69. The molecule has 0 amide bonds. The van der Waals surface area contributed by atoms with E-state index in [2.05, 4.69) is 52.5 Å². The number of unbranched alkanes of at least 4 members (excludes halogenated alkanes) is 2. The molecule has 0 aromatic heterocycles. The third-order valence-corrected chi connectivity index (χ3v) is 3.32. The van der Waals surface area contributed by atoms with E-state index >= 15 is 0 Å². The molecule has 0 aliphatic heterocycles. The molecule has 0 saturated heterocycles. The summed E-state index contributed by atoms with van der Waals surface area (Å²) in [5, 5.41) is 0. The number of hydrogen-bond donors (Lipinski definition) is 2. The van der Waals surface area contributed by atoms with E-state index in [1.807, 2.05) is 0 Å². The maximum Gasteiger partial charge on any atom is 0.0250 e. The number of hydrogen-bond acceptors (Lipinski definition) is 2. The van der Waals surface area contributed by atoms with Gasteiger partial charge < -0.3 is 0 Å². The van der Waals surface area contributed by atoms with Crippen LogP contribution in [-0.2, 0) is 6.42 Å².